The smallest absolute Gasteiger partial charge is 0.180 e. The van der Waals surface area contributed by atoms with Crippen LogP contribution in [0, 0.1) is 17.7 Å². The van der Waals surface area contributed by atoms with Gasteiger partial charge in [-0.1, -0.05) is 60.7 Å². The van der Waals surface area contributed by atoms with Crippen LogP contribution >= 0.6 is 11.8 Å². The molecule has 1 fully saturated rings. The highest BCUT2D eigenvalue weighted by Gasteiger charge is 2.75. The molecule has 3 aliphatic rings. The standard InChI is InChI=1S/C29H29N5OS/c1-4-33(17-19-12-8-6-9-13-19)28-32-27(31)29(36-28)25-23-18(3)21(20-14-10-7-11-15-20)16-22(35-5-2)24(23)26(30)34(25)29/h6-16,25,30-31H,4-5,17H2,1-3H3. The van der Waals surface area contributed by atoms with Gasteiger partial charge >= 0.3 is 0 Å². The van der Waals surface area contributed by atoms with Crippen LogP contribution in [0.3, 0.4) is 0 Å². The molecule has 1 spiro atoms. The minimum Gasteiger partial charge on any atom is -0.493 e. The summed E-state index contributed by atoms with van der Waals surface area (Å²) in [6.07, 6.45) is 0. The van der Waals surface area contributed by atoms with Gasteiger partial charge in [0.15, 0.2) is 15.9 Å². The van der Waals surface area contributed by atoms with Gasteiger partial charge in [0.25, 0.3) is 0 Å². The van der Waals surface area contributed by atoms with E-state index in [4.69, 9.17) is 20.5 Å². The molecule has 2 N–H and O–H groups in total. The second kappa shape index (κ2) is 8.52. The van der Waals surface area contributed by atoms with Crippen molar-refractivity contribution in [2.45, 2.75) is 38.2 Å². The largest absolute Gasteiger partial charge is 0.493 e. The third kappa shape index (κ3) is 3.22. The van der Waals surface area contributed by atoms with Gasteiger partial charge < -0.3 is 14.5 Å². The third-order valence-electron chi connectivity index (χ3n) is 7.32. The second-order valence-corrected chi connectivity index (χ2v) is 10.5. The molecule has 182 valence electrons. The van der Waals surface area contributed by atoms with Crippen molar-refractivity contribution in [2.24, 2.45) is 4.99 Å². The summed E-state index contributed by atoms with van der Waals surface area (Å²) in [5, 5.41) is 18.9. The van der Waals surface area contributed by atoms with E-state index in [2.05, 4.69) is 66.1 Å². The number of nitrogens with one attached hydrogen (secondary N) is 2. The Balaban J connectivity index is 1.38. The lowest BCUT2D eigenvalue weighted by molar-refractivity contribution is 0.339. The molecule has 3 aromatic carbocycles. The van der Waals surface area contributed by atoms with Gasteiger partial charge in [0.05, 0.1) is 18.2 Å². The number of nitrogens with zero attached hydrogens (tertiary/aromatic N) is 3. The van der Waals surface area contributed by atoms with Gasteiger partial charge in [0.2, 0.25) is 0 Å². The first-order chi connectivity index (χ1) is 17.5. The van der Waals surface area contributed by atoms with Gasteiger partial charge in [-0.15, -0.1) is 0 Å². The average molecular weight is 496 g/mol. The molecule has 36 heavy (non-hydrogen) atoms. The summed E-state index contributed by atoms with van der Waals surface area (Å²) < 4.78 is 6.06. The molecule has 6 rings (SSSR count). The number of aliphatic imine (C=N–C) groups is 1. The fourth-order valence-corrected chi connectivity index (χ4v) is 7.01. The summed E-state index contributed by atoms with van der Waals surface area (Å²) in [7, 11) is 0. The third-order valence-corrected chi connectivity index (χ3v) is 8.77. The quantitative estimate of drug-likeness (QED) is 0.408. The zero-order valence-corrected chi connectivity index (χ0v) is 21.5. The molecule has 0 saturated carbocycles. The lowest BCUT2D eigenvalue weighted by Crippen LogP contribution is -2.30. The van der Waals surface area contributed by atoms with E-state index < -0.39 is 4.87 Å². The molecule has 0 radical (unpaired) electrons. The Bertz CT molecular complexity index is 1400. The van der Waals surface area contributed by atoms with E-state index in [0.717, 1.165) is 51.8 Å². The molecule has 6 nitrogen and oxygen atoms in total. The van der Waals surface area contributed by atoms with Gasteiger partial charge in [-0.25, -0.2) is 4.99 Å². The minimum atomic E-state index is -0.646. The van der Waals surface area contributed by atoms with Crippen molar-refractivity contribution in [1.82, 2.24) is 9.80 Å². The van der Waals surface area contributed by atoms with Crippen LogP contribution in [0.2, 0.25) is 0 Å². The van der Waals surface area contributed by atoms with Gasteiger partial charge in [-0.2, -0.15) is 0 Å². The van der Waals surface area contributed by atoms with E-state index in [9.17, 15) is 0 Å². The molecule has 0 bridgehead atoms. The first kappa shape index (κ1) is 22.9. The lowest BCUT2D eigenvalue weighted by atomic mass is 9.89. The number of rotatable bonds is 6. The summed E-state index contributed by atoms with van der Waals surface area (Å²) in [6, 6.07) is 22.7. The molecular weight excluding hydrogens is 466 g/mol. The molecule has 2 unspecified atom stereocenters. The molecule has 0 aromatic heterocycles. The molecule has 0 aliphatic carbocycles. The van der Waals surface area contributed by atoms with Crippen LogP contribution in [0.5, 0.6) is 5.75 Å². The molecule has 2 atom stereocenters. The molecule has 3 heterocycles. The predicted octanol–water partition coefficient (Wildman–Crippen LogP) is 6.05. The van der Waals surface area contributed by atoms with Gasteiger partial charge in [0.1, 0.15) is 11.6 Å². The average Bonchev–Trinajstić information content (AvgIpc) is 3.27. The number of thioether (sulfide) groups is 1. The monoisotopic (exact) mass is 495 g/mol. The van der Waals surface area contributed by atoms with Crippen molar-refractivity contribution >= 4 is 28.6 Å². The van der Waals surface area contributed by atoms with Crippen molar-refractivity contribution in [3.63, 3.8) is 0 Å². The number of ether oxygens (including phenoxy) is 1. The number of amidine groups is 3. The van der Waals surface area contributed by atoms with E-state index >= 15 is 0 Å². The number of benzene rings is 3. The Morgan fingerprint density at radius 1 is 1.06 bits per heavy atom. The van der Waals surface area contributed by atoms with Crippen LogP contribution in [-0.2, 0) is 6.54 Å². The summed E-state index contributed by atoms with van der Waals surface area (Å²) in [5.74, 6) is 1.51. The summed E-state index contributed by atoms with van der Waals surface area (Å²) >= 11 is 1.62. The van der Waals surface area contributed by atoms with Crippen LogP contribution in [-0.4, -0.2) is 44.7 Å². The maximum absolute atomic E-state index is 9.12. The fraction of sp³-hybridized carbons (Fsp3) is 0.276. The number of fused-ring (bicyclic) bond motifs is 5. The summed E-state index contributed by atoms with van der Waals surface area (Å²) in [4.78, 5) is 8.38. The SMILES string of the molecule is CCOc1cc(-c2ccccc2)c(C)c2c1C(=N)N1C2C12SC(N(CC)Cc1ccccc1)=NC2=N. The highest BCUT2D eigenvalue weighted by Crippen LogP contribution is 2.69. The van der Waals surface area contributed by atoms with Gasteiger partial charge in [0, 0.05) is 13.1 Å². The zero-order valence-electron chi connectivity index (χ0n) is 20.7. The van der Waals surface area contributed by atoms with Crippen molar-refractivity contribution in [1.29, 1.82) is 10.8 Å². The van der Waals surface area contributed by atoms with E-state index in [1.165, 1.54) is 5.56 Å². The van der Waals surface area contributed by atoms with Crippen molar-refractivity contribution in [3.8, 4) is 16.9 Å². The van der Waals surface area contributed by atoms with E-state index in [1.54, 1.807) is 11.8 Å². The number of hydrogen-bond acceptors (Lipinski definition) is 5. The second-order valence-electron chi connectivity index (χ2n) is 9.30. The first-order valence-corrected chi connectivity index (χ1v) is 13.2. The Hall–Kier alpha value is -3.58. The Morgan fingerprint density at radius 2 is 1.75 bits per heavy atom. The topological polar surface area (TPSA) is 75.5 Å². The molecule has 3 aliphatic heterocycles. The maximum Gasteiger partial charge on any atom is 0.180 e. The zero-order chi connectivity index (χ0) is 25.0. The Kier molecular flexibility index (Phi) is 5.41. The molecule has 1 saturated heterocycles. The van der Waals surface area contributed by atoms with Gasteiger partial charge in [-0.05, 0) is 66.4 Å². The highest BCUT2D eigenvalue weighted by atomic mass is 32.2. The predicted molar refractivity (Wildman–Crippen MR) is 147 cm³/mol. The van der Waals surface area contributed by atoms with Crippen molar-refractivity contribution in [2.75, 3.05) is 13.2 Å². The lowest BCUT2D eigenvalue weighted by Gasteiger charge is -2.24. The molecule has 3 aromatic rings. The Morgan fingerprint density at radius 3 is 2.42 bits per heavy atom. The van der Waals surface area contributed by atoms with Crippen LogP contribution in [0.4, 0.5) is 0 Å². The van der Waals surface area contributed by atoms with Crippen molar-refractivity contribution < 1.29 is 4.74 Å². The summed E-state index contributed by atoms with van der Waals surface area (Å²) in [6.45, 7) is 8.32. The fourth-order valence-electron chi connectivity index (χ4n) is 5.55. The summed E-state index contributed by atoms with van der Waals surface area (Å²) in [5.41, 5.74) is 6.57. The van der Waals surface area contributed by atoms with Crippen molar-refractivity contribution in [3.05, 3.63) is 89.0 Å². The van der Waals surface area contributed by atoms with Crippen LogP contribution in [0.1, 0.15) is 42.1 Å². The Labute approximate surface area is 216 Å². The molecule has 7 heteroatoms. The first-order valence-electron chi connectivity index (χ1n) is 12.4. The highest BCUT2D eigenvalue weighted by molar-refractivity contribution is 8.16. The van der Waals surface area contributed by atoms with E-state index in [-0.39, 0.29) is 6.04 Å². The minimum absolute atomic E-state index is 0.0861. The van der Waals surface area contributed by atoms with Gasteiger partial charge in [-0.3, -0.25) is 10.8 Å². The van der Waals surface area contributed by atoms with E-state index in [1.807, 2.05) is 31.2 Å². The normalized spacial score (nSPS) is 21.5. The maximum atomic E-state index is 9.12. The van der Waals surface area contributed by atoms with Crippen LogP contribution < -0.4 is 4.74 Å². The van der Waals surface area contributed by atoms with E-state index in [0.29, 0.717) is 18.3 Å². The van der Waals surface area contributed by atoms with Crippen LogP contribution in [0.25, 0.3) is 11.1 Å². The van der Waals surface area contributed by atoms with Crippen LogP contribution in [0.15, 0.2) is 71.7 Å². The molecule has 0 amide bonds. The number of hydrogen-bond donors (Lipinski definition) is 2. The molecular formula is C29H29N5OS.